The zero-order valence-corrected chi connectivity index (χ0v) is 15.3. The van der Waals surface area contributed by atoms with Crippen LogP contribution in [0.2, 0.25) is 5.02 Å². The van der Waals surface area contributed by atoms with E-state index in [9.17, 15) is 8.42 Å². The Balaban J connectivity index is 2.20. The third-order valence-corrected chi connectivity index (χ3v) is 5.17. The summed E-state index contributed by atoms with van der Waals surface area (Å²) >= 11 is 5.90. The molecule has 0 fully saturated rings. The molecule has 0 aliphatic heterocycles. The highest BCUT2D eigenvalue weighted by molar-refractivity contribution is 7.88. The standard InChI is InChI=1S/C17H20ClNO4S/c1-12(16-10-15(22-2)7-8-17(16)23-3)19-24(20,21)11-13-5-4-6-14(18)9-13/h4-10,12,19H,11H2,1-3H3/t12-/m1/s1. The molecule has 0 aliphatic carbocycles. The second-order valence-corrected chi connectivity index (χ2v) is 7.53. The van der Waals surface area contributed by atoms with Gasteiger partial charge in [-0.05, 0) is 42.8 Å². The van der Waals surface area contributed by atoms with Crippen molar-refractivity contribution in [2.45, 2.75) is 18.7 Å². The fraction of sp³-hybridized carbons (Fsp3) is 0.294. The average Bonchev–Trinajstić information content (AvgIpc) is 2.53. The molecule has 0 aliphatic rings. The number of hydrogen-bond acceptors (Lipinski definition) is 4. The van der Waals surface area contributed by atoms with Gasteiger partial charge < -0.3 is 9.47 Å². The monoisotopic (exact) mass is 369 g/mol. The van der Waals surface area contributed by atoms with Gasteiger partial charge in [0.25, 0.3) is 0 Å². The number of methoxy groups -OCH3 is 2. The van der Waals surface area contributed by atoms with Crippen LogP contribution in [0.3, 0.4) is 0 Å². The molecule has 24 heavy (non-hydrogen) atoms. The Morgan fingerprint density at radius 2 is 1.88 bits per heavy atom. The molecule has 0 radical (unpaired) electrons. The highest BCUT2D eigenvalue weighted by atomic mass is 35.5. The fourth-order valence-corrected chi connectivity index (χ4v) is 3.98. The minimum atomic E-state index is -3.55. The van der Waals surface area contributed by atoms with E-state index < -0.39 is 16.1 Å². The van der Waals surface area contributed by atoms with Gasteiger partial charge in [0.1, 0.15) is 11.5 Å². The van der Waals surface area contributed by atoms with Crippen molar-refractivity contribution in [1.29, 1.82) is 0 Å². The minimum absolute atomic E-state index is 0.149. The van der Waals surface area contributed by atoms with Crippen molar-refractivity contribution in [3.63, 3.8) is 0 Å². The molecule has 0 unspecified atom stereocenters. The summed E-state index contributed by atoms with van der Waals surface area (Å²) in [5.74, 6) is 1.07. The maximum atomic E-state index is 12.4. The van der Waals surface area contributed by atoms with Crippen molar-refractivity contribution < 1.29 is 17.9 Å². The second kappa shape index (κ2) is 7.88. The average molecular weight is 370 g/mol. The van der Waals surface area contributed by atoms with Gasteiger partial charge in [-0.2, -0.15) is 0 Å². The third kappa shape index (κ3) is 4.87. The van der Waals surface area contributed by atoms with E-state index >= 15 is 0 Å². The number of hydrogen-bond donors (Lipinski definition) is 1. The predicted octanol–water partition coefficient (Wildman–Crippen LogP) is 3.54. The van der Waals surface area contributed by atoms with Gasteiger partial charge >= 0.3 is 0 Å². The Kier molecular flexibility index (Phi) is 6.10. The van der Waals surface area contributed by atoms with Gasteiger partial charge in [0.05, 0.1) is 20.0 Å². The zero-order chi connectivity index (χ0) is 17.7. The molecule has 130 valence electrons. The van der Waals surface area contributed by atoms with Crippen LogP contribution >= 0.6 is 11.6 Å². The highest BCUT2D eigenvalue weighted by Gasteiger charge is 2.20. The van der Waals surface area contributed by atoms with E-state index in [1.807, 2.05) is 0 Å². The van der Waals surface area contributed by atoms with E-state index in [1.165, 1.54) is 0 Å². The highest BCUT2D eigenvalue weighted by Crippen LogP contribution is 2.29. The lowest BCUT2D eigenvalue weighted by Gasteiger charge is -2.18. The Hall–Kier alpha value is -1.76. The SMILES string of the molecule is COc1ccc(OC)c([C@@H](C)NS(=O)(=O)Cc2cccc(Cl)c2)c1. The molecule has 0 aromatic heterocycles. The number of sulfonamides is 1. The van der Waals surface area contributed by atoms with Crippen LogP contribution in [-0.2, 0) is 15.8 Å². The van der Waals surface area contributed by atoms with Crippen molar-refractivity contribution in [3.05, 3.63) is 58.6 Å². The first-order valence-corrected chi connectivity index (χ1v) is 9.34. The van der Waals surface area contributed by atoms with Crippen molar-refractivity contribution in [2.24, 2.45) is 0 Å². The molecule has 0 amide bonds. The zero-order valence-electron chi connectivity index (χ0n) is 13.7. The van der Waals surface area contributed by atoms with Crippen LogP contribution in [0, 0.1) is 0 Å². The van der Waals surface area contributed by atoms with Gasteiger partial charge in [0.15, 0.2) is 0 Å². The number of benzene rings is 2. The summed E-state index contributed by atoms with van der Waals surface area (Å²) in [4.78, 5) is 0. The van der Waals surface area contributed by atoms with Gasteiger partial charge in [-0.1, -0.05) is 23.7 Å². The molecular weight excluding hydrogens is 350 g/mol. The van der Waals surface area contributed by atoms with Crippen LogP contribution in [0.5, 0.6) is 11.5 Å². The van der Waals surface area contributed by atoms with Gasteiger partial charge in [-0.3, -0.25) is 0 Å². The van der Waals surface area contributed by atoms with Gasteiger partial charge in [0, 0.05) is 16.6 Å². The van der Waals surface area contributed by atoms with Crippen LogP contribution in [0.25, 0.3) is 0 Å². The van der Waals surface area contributed by atoms with Crippen LogP contribution in [-0.4, -0.2) is 22.6 Å². The van der Waals surface area contributed by atoms with E-state index in [0.717, 1.165) is 0 Å². The Morgan fingerprint density at radius 3 is 2.50 bits per heavy atom. The topological polar surface area (TPSA) is 64.6 Å². The summed E-state index contributed by atoms with van der Waals surface area (Å²) in [6.45, 7) is 1.76. The van der Waals surface area contributed by atoms with Crippen LogP contribution < -0.4 is 14.2 Å². The lowest BCUT2D eigenvalue weighted by molar-refractivity contribution is 0.395. The quantitative estimate of drug-likeness (QED) is 0.810. The molecule has 2 aromatic rings. The van der Waals surface area contributed by atoms with Crippen molar-refractivity contribution >= 4 is 21.6 Å². The normalized spacial score (nSPS) is 12.7. The van der Waals surface area contributed by atoms with E-state index in [0.29, 0.717) is 27.6 Å². The van der Waals surface area contributed by atoms with Crippen molar-refractivity contribution in [1.82, 2.24) is 4.72 Å². The molecule has 0 saturated heterocycles. The van der Waals surface area contributed by atoms with Gasteiger partial charge in [0.2, 0.25) is 10.0 Å². The summed E-state index contributed by atoms with van der Waals surface area (Å²) in [5.41, 5.74) is 1.33. The van der Waals surface area contributed by atoms with Crippen molar-refractivity contribution in [3.8, 4) is 11.5 Å². The molecule has 1 N–H and O–H groups in total. The second-order valence-electron chi connectivity index (χ2n) is 5.34. The largest absolute Gasteiger partial charge is 0.497 e. The van der Waals surface area contributed by atoms with Crippen LogP contribution in [0.4, 0.5) is 0 Å². The predicted molar refractivity (Wildman–Crippen MR) is 95.2 cm³/mol. The maximum absolute atomic E-state index is 12.4. The number of ether oxygens (including phenoxy) is 2. The lowest BCUT2D eigenvalue weighted by atomic mass is 10.1. The van der Waals surface area contributed by atoms with Crippen LogP contribution in [0.1, 0.15) is 24.1 Å². The van der Waals surface area contributed by atoms with Gasteiger partial charge in [-0.25, -0.2) is 13.1 Å². The smallest absolute Gasteiger partial charge is 0.216 e. The molecule has 5 nitrogen and oxygen atoms in total. The molecule has 2 rings (SSSR count). The summed E-state index contributed by atoms with van der Waals surface area (Å²) in [5, 5.41) is 0.505. The number of halogens is 1. The molecule has 0 bridgehead atoms. The fourth-order valence-electron chi connectivity index (χ4n) is 2.40. The molecule has 0 spiro atoms. The van der Waals surface area contributed by atoms with Crippen LogP contribution in [0.15, 0.2) is 42.5 Å². The summed E-state index contributed by atoms with van der Waals surface area (Å²) in [7, 11) is -0.453. The first-order valence-electron chi connectivity index (χ1n) is 7.31. The first-order chi connectivity index (χ1) is 11.3. The van der Waals surface area contributed by atoms with E-state index in [2.05, 4.69) is 4.72 Å². The minimum Gasteiger partial charge on any atom is -0.497 e. The summed E-state index contributed by atoms with van der Waals surface area (Å²) in [6, 6.07) is 11.6. The Bertz CT molecular complexity index is 808. The third-order valence-electron chi connectivity index (χ3n) is 3.51. The maximum Gasteiger partial charge on any atom is 0.216 e. The Labute approximate surface area is 147 Å². The summed E-state index contributed by atoms with van der Waals surface area (Å²) < 4.78 is 38.0. The van der Waals surface area contributed by atoms with E-state index in [1.54, 1.807) is 63.6 Å². The van der Waals surface area contributed by atoms with E-state index in [-0.39, 0.29) is 5.75 Å². The molecule has 0 saturated carbocycles. The van der Waals surface area contributed by atoms with E-state index in [4.69, 9.17) is 21.1 Å². The number of rotatable bonds is 7. The number of nitrogens with one attached hydrogen (secondary N) is 1. The molecule has 1 atom stereocenters. The first kappa shape index (κ1) is 18.6. The summed E-state index contributed by atoms with van der Waals surface area (Å²) in [6.07, 6.45) is 0. The van der Waals surface area contributed by atoms with Crippen molar-refractivity contribution in [2.75, 3.05) is 14.2 Å². The van der Waals surface area contributed by atoms with Gasteiger partial charge in [-0.15, -0.1) is 0 Å². The molecule has 0 heterocycles. The lowest BCUT2D eigenvalue weighted by Crippen LogP contribution is -2.28. The molecular formula is C17H20ClNO4S. The Morgan fingerprint density at radius 1 is 1.12 bits per heavy atom. The molecule has 2 aromatic carbocycles. The molecule has 7 heteroatoms.